The molecule has 3 rings (SSSR count). The number of morpholine rings is 1. The first kappa shape index (κ1) is 17.8. The molecule has 2 fully saturated rings. The van der Waals surface area contributed by atoms with E-state index in [4.69, 9.17) is 4.74 Å². The summed E-state index contributed by atoms with van der Waals surface area (Å²) >= 11 is 0. The lowest BCUT2D eigenvalue weighted by Gasteiger charge is -2.38. The number of nitrogens with zero attached hydrogens (tertiary/aromatic N) is 2. The van der Waals surface area contributed by atoms with Gasteiger partial charge in [0.05, 0.1) is 19.0 Å². The summed E-state index contributed by atoms with van der Waals surface area (Å²) in [5.74, 6) is -0.410. The van der Waals surface area contributed by atoms with Crippen LogP contribution in [0.2, 0.25) is 0 Å². The Hall–Kier alpha value is -1.02. The van der Waals surface area contributed by atoms with Crippen molar-refractivity contribution < 1.29 is 17.5 Å². The van der Waals surface area contributed by atoms with Crippen LogP contribution in [0, 0.1) is 5.82 Å². The minimum absolute atomic E-state index is 0.0299. The number of piperidine rings is 1. The molecule has 1 aromatic carbocycles. The molecule has 0 radical (unpaired) electrons. The van der Waals surface area contributed by atoms with Crippen LogP contribution in [0.4, 0.5) is 4.39 Å². The third-order valence-electron chi connectivity index (χ3n) is 4.77. The molecule has 5 nitrogen and oxygen atoms in total. The van der Waals surface area contributed by atoms with Crippen molar-refractivity contribution in [2.24, 2.45) is 0 Å². The van der Waals surface area contributed by atoms with E-state index in [2.05, 4.69) is 4.90 Å². The molecule has 2 aliphatic rings. The quantitative estimate of drug-likeness (QED) is 0.808. The van der Waals surface area contributed by atoms with E-state index >= 15 is 0 Å². The Balaban J connectivity index is 1.69. The molecule has 134 valence electrons. The number of sulfonamides is 1. The highest BCUT2D eigenvalue weighted by atomic mass is 32.2. The minimum atomic E-state index is -3.40. The van der Waals surface area contributed by atoms with Crippen LogP contribution >= 0.6 is 0 Å². The van der Waals surface area contributed by atoms with Crippen molar-refractivity contribution in [2.45, 2.75) is 31.1 Å². The van der Waals surface area contributed by atoms with Crippen LogP contribution in [0.3, 0.4) is 0 Å². The second-order valence-corrected chi connectivity index (χ2v) is 8.48. The molecule has 2 saturated heterocycles. The maximum Gasteiger partial charge on any atom is 0.218 e. The van der Waals surface area contributed by atoms with Gasteiger partial charge in [0.15, 0.2) is 0 Å². The van der Waals surface area contributed by atoms with Crippen molar-refractivity contribution in [1.29, 1.82) is 0 Å². The van der Waals surface area contributed by atoms with E-state index in [0.717, 1.165) is 52.1 Å². The van der Waals surface area contributed by atoms with Gasteiger partial charge in [0.2, 0.25) is 10.0 Å². The molecule has 0 aromatic heterocycles. The molecule has 0 spiro atoms. The highest BCUT2D eigenvalue weighted by Crippen LogP contribution is 2.24. The van der Waals surface area contributed by atoms with Crippen molar-refractivity contribution in [3.05, 3.63) is 35.6 Å². The Morgan fingerprint density at radius 3 is 2.50 bits per heavy atom. The Labute approximate surface area is 143 Å². The van der Waals surface area contributed by atoms with E-state index in [9.17, 15) is 12.8 Å². The van der Waals surface area contributed by atoms with Gasteiger partial charge in [-0.25, -0.2) is 12.8 Å². The molecule has 1 atom stereocenters. The lowest BCUT2D eigenvalue weighted by Crippen LogP contribution is -2.51. The van der Waals surface area contributed by atoms with Gasteiger partial charge in [0.25, 0.3) is 0 Å². The van der Waals surface area contributed by atoms with Gasteiger partial charge in [-0.2, -0.15) is 4.31 Å². The lowest BCUT2D eigenvalue weighted by molar-refractivity contribution is 0.0262. The first-order valence-corrected chi connectivity index (χ1v) is 10.2. The number of ether oxygens (including phenoxy) is 1. The summed E-state index contributed by atoms with van der Waals surface area (Å²) in [5.41, 5.74) is 0.632. The van der Waals surface area contributed by atoms with Gasteiger partial charge < -0.3 is 4.74 Å². The van der Waals surface area contributed by atoms with Gasteiger partial charge in [-0.1, -0.05) is 18.6 Å². The predicted octanol–water partition coefficient (Wildman–Crippen LogP) is 1.84. The van der Waals surface area contributed by atoms with Crippen LogP contribution in [0.5, 0.6) is 0 Å². The normalized spacial score (nSPS) is 24.1. The fraction of sp³-hybridized carbons (Fsp3) is 0.647. The second kappa shape index (κ2) is 7.91. The predicted molar refractivity (Wildman–Crippen MR) is 90.6 cm³/mol. The highest BCUT2D eigenvalue weighted by molar-refractivity contribution is 7.88. The Morgan fingerprint density at radius 2 is 1.79 bits per heavy atom. The SMILES string of the molecule is O=S(=O)(Cc1ccc(F)cc1)N1CCCC[C@H]1CN1CCOCC1. The van der Waals surface area contributed by atoms with Crippen LogP contribution in [-0.4, -0.2) is 63.1 Å². The van der Waals surface area contributed by atoms with E-state index in [1.807, 2.05) is 0 Å². The molecule has 0 saturated carbocycles. The molecule has 7 heteroatoms. The third-order valence-corrected chi connectivity index (χ3v) is 6.66. The maximum atomic E-state index is 13.0. The molecule has 0 bridgehead atoms. The van der Waals surface area contributed by atoms with Crippen LogP contribution in [0.1, 0.15) is 24.8 Å². The molecular weight excluding hydrogens is 331 g/mol. The van der Waals surface area contributed by atoms with Crippen LogP contribution in [0.15, 0.2) is 24.3 Å². The smallest absolute Gasteiger partial charge is 0.218 e. The average molecular weight is 356 g/mol. The van der Waals surface area contributed by atoms with Crippen molar-refractivity contribution >= 4 is 10.0 Å². The summed E-state index contributed by atoms with van der Waals surface area (Å²) in [7, 11) is -3.40. The topological polar surface area (TPSA) is 49.9 Å². The van der Waals surface area contributed by atoms with Gasteiger partial charge in [0.1, 0.15) is 5.82 Å². The first-order chi connectivity index (χ1) is 11.5. The van der Waals surface area contributed by atoms with Gasteiger partial charge in [0, 0.05) is 32.2 Å². The van der Waals surface area contributed by atoms with Gasteiger partial charge in [-0.3, -0.25) is 4.90 Å². The van der Waals surface area contributed by atoms with Crippen molar-refractivity contribution in [2.75, 3.05) is 39.4 Å². The van der Waals surface area contributed by atoms with E-state index in [0.29, 0.717) is 12.1 Å². The summed E-state index contributed by atoms with van der Waals surface area (Å²) in [6.07, 6.45) is 2.87. The minimum Gasteiger partial charge on any atom is -0.379 e. The van der Waals surface area contributed by atoms with Crippen LogP contribution in [-0.2, 0) is 20.5 Å². The Kier molecular flexibility index (Phi) is 5.86. The number of rotatable bonds is 5. The molecule has 2 aliphatic heterocycles. The summed E-state index contributed by atoms with van der Waals surface area (Å²) in [4.78, 5) is 2.29. The standard InChI is InChI=1S/C17H25FN2O3S/c18-16-6-4-15(5-7-16)14-24(21,22)20-8-2-1-3-17(20)13-19-9-11-23-12-10-19/h4-7,17H,1-3,8-14H2/t17-/m0/s1. The zero-order valence-corrected chi connectivity index (χ0v) is 14.7. The summed E-state index contributed by atoms with van der Waals surface area (Å²) in [6.45, 7) is 4.51. The molecule has 24 heavy (non-hydrogen) atoms. The molecule has 0 unspecified atom stereocenters. The monoisotopic (exact) mass is 356 g/mol. The zero-order valence-electron chi connectivity index (χ0n) is 13.9. The van der Waals surface area contributed by atoms with Crippen LogP contribution < -0.4 is 0 Å². The first-order valence-electron chi connectivity index (χ1n) is 8.59. The van der Waals surface area contributed by atoms with Crippen molar-refractivity contribution in [3.63, 3.8) is 0 Å². The molecular formula is C17H25FN2O3S. The van der Waals surface area contributed by atoms with E-state index < -0.39 is 10.0 Å². The van der Waals surface area contributed by atoms with E-state index in [-0.39, 0.29) is 17.6 Å². The third kappa shape index (κ3) is 4.53. The second-order valence-electron chi connectivity index (χ2n) is 6.56. The lowest BCUT2D eigenvalue weighted by atomic mass is 10.0. The number of hydrogen-bond acceptors (Lipinski definition) is 4. The number of hydrogen-bond donors (Lipinski definition) is 0. The summed E-state index contributed by atoms with van der Waals surface area (Å²) < 4.78 is 45.8. The molecule has 1 aromatic rings. The van der Waals surface area contributed by atoms with Gasteiger partial charge in [-0.15, -0.1) is 0 Å². The Bertz CT molecular complexity index is 630. The maximum absolute atomic E-state index is 13.0. The highest BCUT2D eigenvalue weighted by Gasteiger charge is 2.33. The summed E-state index contributed by atoms with van der Waals surface area (Å²) in [5, 5.41) is 0. The van der Waals surface area contributed by atoms with Crippen molar-refractivity contribution in [1.82, 2.24) is 9.21 Å². The van der Waals surface area contributed by atoms with E-state index in [1.54, 1.807) is 16.4 Å². The largest absolute Gasteiger partial charge is 0.379 e. The molecule has 2 heterocycles. The van der Waals surface area contributed by atoms with Crippen molar-refractivity contribution in [3.8, 4) is 0 Å². The van der Waals surface area contributed by atoms with Gasteiger partial charge in [-0.05, 0) is 30.5 Å². The number of benzene rings is 1. The average Bonchev–Trinajstić information content (AvgIpc) is 2.58. The number of halogens is 1. The molecule has 0 N–H and O–H groups in total. The molecule has 0 aliphatic carbocycles. The van der Waals surface area contributed by atoms with Crippen LogP contribution in [0.25, 0.3) is 0 Å². The fourth-order valence-electron chi connectivity index (χ4n) is 3.48. The fourth-order valence-corrected chi connectivity index (χ4v) is 5.29. The summed E-state index contributed by atoms with van der Waals surface area (Å²) in [6, 6.07) is 5.75. The van der Waals surface area contributed by atoms with E-state index in [1.165, 1.54) is 12.1 Å². The molecule has 0 amide bonds. The Morgan fingerprint density at radius 1 is 1.08 bits per heavy atom. The van der Waals surface area contributed by atoms with Gasteiger partial charge >= 0.3 is 0 Å². The zero-order chi connectivity index (χ0) is 17.0.